The number of hydrogen-bond donors (Lipinski definition) is 2. The first-order valence-corrected chi connectivity index (χ1v) is 4.50. The van der Waals surface area contributed by atoms with Crippen LogP contribution in [0, 0.1) is 6.92 Å². The molecule has 0 saturated carbocycles. The molecule has 0 atom stereocenters. The van der Waals surface area contributed by atoms with E-state index >= 15 is 0 Å². The van der Waals surface area contributed by atoms with Crippen molar-refractivity contribution in [2.45, 2.75) is 13.5 Å². The summed E-state index contributed by atoms with van der Waals surface area (Å²) in [5, 5.41) is 14.3. The van der Waals surface area contributed by atoms with Crippen molar-refractivity contribution < 1.29 is 4.74 Å². The first-order chi connectivity index (χ1) is 7.29. The van der Waals surface area contributed by atoms with Gasteiger partial charge < -0.3 is 10.5 Å². The second-order valence-corrected chi connectivity index (χ2v) is 3.06. The van der Waals surface area contributed by atoms with Gasteiger partial charge in [-0.2, -0.15) is 5.10 Å². The molecule has 0 unspecified atom stereocenters. The molecular weight excluding hydrogens is 194 g/mol. The molecule has 15 heavy (non-hydrogen) atoms. The molecule has 78 valence electrons. The summed E-state index contributed by atoms with van der Waals surface area (Å²) in [5.74, 6) is 0.856. The van der Waals surface area contributed by atoms with E-state index in [0.717, 1.165) is 11.3 Å². The van der Waals surface area contributed by atoms with Crippen LogP contribution in [-0.4, -0.2) is 20.4 Å². The van der Waals surface area contributed by atoms with E-state index < -0.39 is 0 Å². The fourth-order valence-corrected chi connectivity index (χ4v) is 1.13. The second kappa shape index (κ2) is 4.05. The molecule has 6 heteroatoms. The summed E-state index contributed by atoms with van der Waals surface area (Å²) in [6, 6.07) is 3.54. The van der Waals surface area contributed by atoms with E-state index in [9.17, 15) is 0 Å². The zero-order valence-corrected chi connectivity index (χ0v) is 8.27. The van der Waals surface area contributed by atoms with Gasteiger partial charge in [-0.3, -0.25) is 5.10 Å². The van der Waals surface area contributed by atoms with Gasteiger partial charge >= 0.3 is 0 Å². The lowest BCUT2D eigenvalue weighted by Gasteiger charge is -2.03. The van der Waals surface area contributed by atoms with Gasteiger partial charge in [0.1, 0.15) is 0 Å². The summed E-state index contributed by atoms with van der Waals surface area (Å²) in [7, 11) is 0. The number of aromatic amines is 1. The molecule has 0 bridgehead atoms. The molecule has 0 aliphatic rings. The third kappa shape index (κ3) is 2.10. The molecule has 2 aromatic rings. The lowest BCUT2D eigenvalue weighted by atomic mass is 10.3. The molecule has 2 rings (SSSR count). The third-order valence-corrected chi connectivity index (χ3v) is 1.87. The molecule has 0 saturated heterocycles. The quantitative estimate of drug-likeness (QED) is 0.772. The van der Waals surface area contributed by atoms with E-state index in [1.807, 2.05) is 6.92 Å². The SMILES string of the molecule is Cc1cc(Oc2nnccc2CN)n[nH]1. The Bertz CT molecular complexity index is 453. The highest BCUT2D eigenvalue weighted by atomic mass is 16.5. The van der Waals surface area contributed by atoms with Gasteiger partial charge in [0.2, 0.25) is 11.8 Å². The Morgan fingerprint density at radius 2 is 2.40 bits per heavy atom. The monoisotopic (exact) mass is 205 g/mol. The normalized spacial score (nSPS) is 10.3. The standard InChI is InChI=1S/C9H11N5O/c1-6-4-8(13-12-6)15-9-7(5-10)2-3-11-14-9/h2-4H,5,10H2,1H3,(H,12,13). The molecule has 0 amide bonds. The predicted octanol–water partition coefficient (Wildman–Crippen LogP) is 0.759. The number of aryl methyl sites for hydroxylation is 1. The van der Waals surface area contributed by atoms with E-state index in [-0.39, 0.29) is 0 Å². The Morgan fingerprint density at radius 1 is 1.53 bits per heavy atom. The van der Waals surface area contributed by atoms with Crippen LogP contribution in [0.3, 0.4) is 0 Å². The van der Waals surface area contributed by atoms with Crippen LogP contribution in [0.15, 0.2) is 18.3 Å². The molecule has 0 fully saturated rings. The van der Waals surface area contributed by atoms with Crippen molar-refractivity contribution in [1.82, 2.24) is 20.4 Å². The average molecular weight is 205 g/mol. The molecule has 2 aromatic heterocycles. The minimum absolute atomic E-state index is 0.355. The molecule has 0 aliphatic carbocycles. The van der Waals surface area contributed by atoms with Gasteiger partial charge in [-0.1, -0.05) is 0 Å². The molecular formula is C9H11N5O. The van der Waals surface area contributed by atoms with Crippen LogP contribution in [-0.2, 0) is 6.54 Å². The van der Waals surface area contributed by atoms with Crippen molar-refractivity contribution in [3.05, 3.63) is 29.6 Å². The van der Waals surface area contributed by atoms with E-state index in [0.29, 0.717) is 18.3 Å². The molecule has 0 spiro atoms. The molecule has 0 aromatic carbocycles. The fourth-order valence-electron chi connectivity index (χ4n) is 1.13. The topological polar surface area (TPSA) is 89.7 Å². The van der Waals surface area contributed by atoms with Crippen molar-refractivity contribution in [1.29, 1.82) is 0 Å². The first-order valence-electron chi connectivity index (χ1n) is 4.50. The zero-order valence-electron chi connectivity index (χ0n) is 8.27. The number of aromatic nitrogens is 4. The maximum absolute atomic E-state index is 5.53. The first kappa shape index (κ1) is 9.60. The number of ether oxygens (including phenoxy) is 1. The highest BCUT2D eigenvalue weighted by Crippen LogP contribution is 2.20. The van der Waals surface area contributed by atoms with Crippen LogP contribution >= 0.6 is 0 Å². The molecule has 3 N–H and O–H groups in total. The van der Waals surface area contributed by atoms with Crippen molar-refractivity contribution in [3.8, 4) is 11.8 Å². The lowest BCUT2D eigenvalue weighted by molar-refractivity contribution is 0.430. The van der Waals surface area contributed by atoms with Gasteiger partial charge in [-0.05, 0) is 13.0 Å². The molecule has 6 nitrogen and oxygen atoms in total. The van der Waals surface area contributed by atoms with Crippen molar-refractivity contribution >= 4 is 0 Å². The third-order valence-electron chi connectivity index (χ3n) is 1.87. The Morgan fingerprint density at radius 3 is 3.07 bits per heavy atom. The van der Waals surface area contributed by atoms with Gasteiger partial charge in [0.25, 0.3) is 0 Å². The average Bonchev–Trinajstić information content (AvgIpc) is 2.65. The number of nitrogens with one attached hydrogen (secondary N) is 1. The minimum Gasteiger partial charge on any atom is -0.417 e. The molecule has 0 radical (unpaired) electrons. The Labute approximate surface area is 86.5 Å². The fraction of sp³-hybridized carbons (Fsp3) is 0.222. The van der Waals surface area contributed by atoms with Crippen LogP contribution in [0.25, 0.3) is 0 Å². The Balaban J connectivity index is 2.23. The van der Waals surface area contributed by atoms with Crippen molar-refractivity contribution in [2.75, 3.05) is 0 Å². The Kier molecular flexibility index (Phi) is 2.59. The molecule has 2 heterocycles. The summed E-state index contributed by atoms with van der Waals surface area (Å²) < 4.78 is 5.43. The van der Waals surface area contributed by atoms with Crippen LogP contribution in [0.4, 0.5) is 0 Å². The lowest BCUT2D eigenvalue weighted by Crippen LogP contribution is -2.02. The van der Waals surface area contributed by atoms with E-state index in [1.54, 1.807) is 18.3 Å². The highest BCUT2D eigenvalue weighted by Gasteiger charge is 2.06. The van der Waals surface area contributed by atoms with E-state index in [2.05, 4.69) is 20.4 Å². The maximum Gasteiger partial charge on any atom is 0.245 e. The molecule has 0 aliphatic heterocycles. The number of nitrogens with zero attached hydrogens (tertiary/aromatic N) is 3. The Hall–Kier alpha value is -1.95. The van der Waals surface area contributed by atoms with Gasteiger partial charge in [0.15, 0.2) is 0 Å². The van der Waals surface area contributed by atoms with Gasteiger partial charge in [0, 0.05) is 23.9 Å². The summed E-state index contributed by atoms with van der Waals surface area (Å²) in [6.45, 7) is 2.24. The van der Waals surface area contributed by atoms with E-state index in [4.69, 9.17) is 10.5 Å². The van der Waals surface area contributed by atoms with Crippen LogP contribution in [0.1, 0.15) is 11.3 Å². The van der Waals surface area contributed by atoms with Crippen molar-refractivity contribution in [3.63, 3.8) is 0 Å². The number of rotatable bonds is 3. The number of H-pyrrole nitrogens is 1. The van der Waals surface area contributed by atoms with Gasteiger partial charge in [0.05, 0.1) is 6.20 Å². The van der Waals surface area contributed by atoms with Crippen molar-refractivity contribution in [2.24, 2.45) is 5.73 Å². The highest BCUT2D eigenvalue weighted by molar-refractivity contribution is 5.27. The second-order valence-electron chi connectivity index (χ2n) is 3.06. The van der Waals surface area contributed by atoms with Crippen LogP contribution in [0.5, 0.6) is 11.8 Å². The summed E-state index contributed by atoms with van der Waals surface area (Å²) in [5.41, 5.74) is 7.25. The zero-order chi connectivity index (χ0) is 10.7. The predicted molar refractivity (Wildman–Crippen MR) is 53.3 cm³/mol. The number of nitrogens with two attached hydrogens (primary N) is 1. The van der Waals surface area contributed by atoms with Gasteiger partial charge in [-0.15, -0.1) is 10.2 Å². The van der Waals surface area contributed by atoms with Gasteiger partial charge in [-0.25, -0.2) is 0 Å². The smallest absolute Gasteiger partial charge is 0.245 e. The van der Waals surface area contributed by atoms with E-state index in [1.165, 1.54) is 0 Å². The number of hydrogen-bond acceptors (Lipinski definition) is 5. The largest absolute Gasteiger partial charge is 0.417 e. The summed E-state index contributed by atoms with van der Waals surface area (Å²) in [4.78, 5) is 0. The minimum atomic E-state index is 0.355. The van der Waals surface area contributed by atoms with Crippen LogP contribution < -0.4 is 10.5 Å². The summed E-state index contributed by atoms with van der Waals surface area (Å²) in [6.07, 6.45) is 1.57. The maximum atomic E-state index is 5.53. The van der Waals surface area contributed by atoms with Crippen LogP contribution in [0.2, 0.25) is 0 Å². The summed E-state index contributed by atoms with van der Waals surface area (Å²) >= 11 is 0.